The van der Waals surface area contributed by atoms with E-state index in [2.05, 4.69) is 29.8 Å². The van der Waals surface area contributed by atoms with Crippen molar-refractivity contribution in [2.75, 3.05) is 7.11 Å². The van der Waals surface area contributed by atoms with Crippen molar-refractivity contribution in [3.05, 3.63) is 22.2 Å². The molecular formula is C12H16BrNO2. The first-order valence-corrected chi connectivity index (χ1v) is 6.01. The summed E-state index contributed by atoms with van der Waals surface area (Å²) in [6, 6.07) is 3.88. The lowest BCUT2D eigenvalue weighted by Gasteiger charge is -2.10. The minimum atomic E-state index is 0.101. The second-order valence-electron chi connectivity index (χ2n) is 4.84. The van der Waals surface area contributed by atoms with Crippen molar-refractivity contribution in [3.8, 4) is 11.5 Å². The summed E-state index contributed by atoms with van der Waals surface area (Å²) in [6.07, 6.45) is 0. The first-order chi connectivity index (χ1) is 7.41. The van der Waals surface area contributed by atoms with Crippen molar-refractivity contribution in [1.29, 1.82) is 0 Å². The third kappa shape index (κ3) is 1.52. The minimum Gasteiger partial charge on any atom is -0.503 e. The number of hydrogen-bond donors (Lipinski definition) is 2. The monoisotopic (exact) mass is 285 g/mol. The van der Waals surface area contributed by atoms with Crippen LogP contribution in [0.15, 0.2) is 16.6 Å². The Labute approximate surface area is 104 Å². The van der Waals surface area contributed by atoms with Crippen molar-refractivity contribution >= 4 is 15.9 Å². The lowest BCUT2D eigenvalue weighted by Crippen LogP contribution is -2.06. The van der Waals surface area contributed by atoms with E-state index in [9.17, 15) is 5.11 Å². The molecule has 0 aromatic heterocycles. The van der Waals surface area contributed by atoms with Gasteiger partial charge in [0.05, 0.1) is 11.6 Å². The maximum Gasteiger partial charge on any atom is 0.172 e. The summed E-state index contributed by atoms with van der Waals surface area (Å²) in [5.74, 6) is 0.913. The van der Waals surface area contributed by atoms with Crippen molar-refractivity contribution in [1.82, 2.24) is 0 Å². The van der Waals surface area contributed by atoms with Crippen LogP contribution in [0.1, 0.15) is 25.3 Å². The third-order valence-electron chi connectivity index (χ3n) is 3.57. The van der Waals surface area contributed by atoms with Crippen molar-refractivity contribution in [3.63, 3.8) is 0 Å². The van der Waals surface area contributed by atoms with E-state index in [1.807, 2.05) is 6.07 Å². The summed E-state index contributed by atoms with van der Waals surface area (Å²) in [5, 5.41) is 9.90. The van der Waals surface area contributed by atoms with E-state index in [4.69, 9.17) is 10.5 Å². The SMILES string of the molecule is COc1ccc(C2C(N)C2(C)C)c(Br)c1O. The summed E-state index contributed by atoms with van der Waals surface area (Å²) in [5.41, 5.74) is 7.18. The predicted octanol–water partition coefficient (Wildman–Crippen LogP) is 2.61. The van der Waals surface area contributed by atoms with Gasteiger partial charge in [-0.05, 0) is 33.0 Å². The Hall–Kier alpha value is -0.740. The van der Waals surface area contributed by atoms with Crippen molar-refractivity contribution in [2.45, 2.75) is 25.8 Å². The topological polar surface area (TPSA) is 55.5 Å². The Morgan fingerprint density at radius 2 is 2.00 bits per heavy atom. The molecule has 0 radical (unpaired) electrons. The number of rotatable bonds is 2. The van der Waals surface area contributed by atoms with Gasteiger partial charge in [-0.1, -0.05) is 19.9 Å². The van der Waals surface area contributed by atoms with Crippen LogP contribution in [0.5, 0.6) is 11.5 Å². The molecule has 0 bridgehead atoms. The molecule has 1 aromatic rings. The fraction of sp³-hybridized carbons (Fsp3) is 0.500. The second-order valence-corrected chi connectivity index (χ2v) is 5.64. The standard InChI is InChI=1S/C12H16BrNO2/c1-12(2)8(11(12)14)6-4-5-7(16-3)10(15)9(6)13/h4-5,8,11,15H,14H2,1-3H3. The third-order valence-corrected chi connectivity index (χ3v) is 4.41. The van der Waals surface area contributed by atoms with E-state index in [-0.39, 0.29) is 17.2 Å². The van der Waals surface area contributed by atoms with Gasteiger partial charge in [0, 0.05) is 12.0 Å². The molecule has 2 unspecified atom stereocenters. The van der Waals surface area contributed by atoms with Gasteiger partial charge in [-0.3, -0.25) is 0 Å². The van der Waals surface area contributed by atoms with E-state index in [0.717, 1.165) is 5.56 Å². The number of aromatic hydroxyl groups is 1. The zero-order valence-electron chi connectivity index (χ0n) is 9.62. The van der Waals surface area contributed by atoms with E-state index in [0.29, 0.717) is 16.1 Å². The number of phenols is 1. The molecule has 0 amide bonds. The molecule has 1 aromatic carbocycles. The van der Waals surface area contributed by atoms with E-state index >= 15 is 0 Å². The summed E-state index contributed by atoms with van der Waals surface area (Å²) < 4.78 is 5.74. The molecule has 4 heteroatoms. The number of phenolic OH excluding ortho intramolecular Hbond substituents is 1. The molecule has 0 spiro atoms. The van der Waals surface area contributed by atoms with Gasteiger partial charge >= 0.3 is 0 Å². The first-order valence-electron chi connectivity index (χ1n) is 5.22. The summed E-state index contributed by atoms with van der Waals surface area (Å²) in [7, 11) is 1.54. The van der Waals surface area contributed by atoms with Crippen LogP contribution in [0.2, 0.25) is 0 Å². The van der Waals surface area contributed by atoms with Gasteiger partial charge in [0.1, 0.15) is 0 Å². The Morgan fingerprint density at radius 1 is 1.44 bits per heavy atom. The van der Waals surface area contributed by atoms with Crippen molar-refractivity contribution < 1.29 is 9.84 Å². The lowest BCUT2D eigenvalue weighted by molar-refractivity contribution is 0.371. The highest BCUT2D eigenvalue weighted by atomic mass is 79.9. The fourth-order valence-electron chi connectivity index (χ4n) is 2.24. The van der Waals surface area contributed by atoms with Crippen LogP contribution in [0.4, 0.5) is 0 Å². The average molecular weight is 286 g/mol. The zero-order valence-corrected chi connectivity index (χ0v) is 11.2. The number of hydrogen-bond acceptors (Lipinski definition) is 3. The largest absolute Gasteiger partial charge is 0.503 e. The number of benzene rings is 1. The van der Waals surface area contributed by atoms with Crippen molar-refractivity contribution in [2.24, 2.45) is 11.1 Å². The molecule has 1 aliphatic rings. The summed E-state index contributed by atoms with van der Waals surface area (Å²) in [6.45, 7) is 4.27. The predicted molar refractivity (Wildman–Crippen MR) is 66.9 cm³/mol. The number of methoxy groups -OCH3 is 1. The average Bonchev–Trinajstić information content (AvgIpc) is 2.72. The van der Waals surface area contributed by atoms with Crippen LogP contribution >= 0.6 is 15.9 Å². The highest BCUT2D eigenvalue weighted by molar-refractivity contribution is 9.10. The molecule has 2 rings (SSSR count). The first kappa shape index (κ1) is 11.7. The Kier molecular flexibility index (Phi) is 2.67. The molecule has 16 heavy (non-hydrogen) atoms. The molecule has 0 heterocycles. The van der Waals surface area contributed by atoms with Gasteiger partial charge in [0.2, 0.25) is 0 Å². The van der Waals surface area contributed by atoms with E-state index in [1.54, 1.807) is 6.07 Å². The normalized spacial score (nSPS) is 26.6. The van der Waals surface area contributed by atoms with Crippen LogP contribution in [0.25, 0.3) is 0 Å². The van der Waals surface area contributed by atoms with Crippen LogP contribution in [-0.2, 0) is 0 Å². The van der Waals surface area contributed by atoms with Gasteiger partial charge in [0.15, 0.2) is 11.5 Å². The molecule has 2 atom stereocenters. The number of nitrogens with two attached hydrogens (primary N) is 1. The van der Waals surface area contributed by atoms with Crippen LogP contribution < -0.4 is 10.5 Å². The van der Waals surface area contributed by atoms with Gasteiger partial charge in [-0.2, -0.15) is 0 Å². The van der Waals surface area contributed by atoms with Gasteiger partial charge in [-0.15, -0.1) is 0 Å². The van der Waals surface area contributed by atoms with E-state index < -0.39 is 0 Å². The highest BCUT2D eigenvalue weighted by Gasteiger charge is 2.56. The highest BCUT2D eigenvalue weighted by Crippen LogP contribution is 2.59. The summed E-state index contributed by atoms with van der Waals surface area (Å²) >= 11 is 3.41. The molecular weight excluding hydrogens is 270 g/mol. The molecule has 88 valence electrons. The quantitative estimate of drug-likeness (QED) is 0.878. The number of ether oxygens (including phenoxy) is 1. The summed E-state index contributed by atoms with van der Waals surface area (Å²) in [4.78, 5) is 0. The Balaban J connectivity index is 2.42. The maximum absolute atomic E-state index is 9.90. The van der Waals surface area contributed by atoms with Gasteiger partial charge in [-0.25, -0.2) is 0 Å². The molecule has 0 saturated heterocycles. The Morgan fingerprint density at radius 3 is 2.44 bits per heavy atom. The van der Waals surface area contributed by atoms with Gasteiger partial charge < -0.3 is 15.6 Å². The maximum atomic E-state index is 9.90. The second kappa shape index (κ2) is 3.64. The van der Waals surface area contributed by atoms with Crippen LogP contribution in [0.3, 0.4) is 0 Å². The van der Waals surface area contributed by atoms with Crippen LogP contribution in [-0.4, -0.2) is 18.3 Å². The fourth-order valence-corrected chi connectivity index (χ4v) is 2.81. The molecule has 3 nitrogen and oxygen atoms in total. The smallest absolute Gasteiger partial charge is 0.172 e. The molecule has 0 aliphatic heterocycles. The Bertz CT molecular complexity index is 431. The zero-order chi connectivity index (χ0) is 12.1. The molecule has 1 fully saturated rings. The minimum absolute atomic E-state index is 0.101. The van der Waals surface area contributed by atoms with E-state index in [1.165, 1.54) is 7.11 Å². The molecule has 3 N–H and O–H groups in total. The van der Waals surface area contributed by atoms with Gasteiger partial charge in [0.25, 0.3) is 0 Å². The lowest BCUT2D eigenvalue weighted by atomic mass is 10.0. The number of halogens is 1. The van der Waals surface area contributed by atoms with Crippen LogP contribution in [0, 0.1) is 5.41 Å². The molecule has 1 aliphatic carbocycles. The molecule has 1 saturated carbocycles.